The molecular weight excluding hydrogens is 232 g/mol. The van der Waals surface area contributed by atoms with Crippen molar-refractivity contribution in [1.82, 2.24) is 0 Å². The van der Waals surface area contributed by atoms with E-state index in [1.807, 2.05) is 0 Å². The lowest BCUT2D eigenvalue weighted by Crippen LogP contribution is -2.36. The first-order chi connectivity index (χ1) is 8.10. The van der Waals surface area contributed by atoms with Crippen LogP contribution >= 0.6 is 0 Å². The van der Waals surface area contributed by atoms with Gasteiger partial charge in [0.25, 0.3) is 0 Å². The maximum atomic E-state index is 5.97. The van der Waals surface area contributed by atoms with Crippen molar-refractivity contribution in [1.29, 1.82) is 0 Å². The average Bonchev–Trinajstić information content (AvgIpc) is 3.06. The van der Waals surface area contributed by atoms with E-state index < -0.39 is 8.32 Å². The molecule has 0 aromatic heterocycles. The van der Waals surface area contributed by atoms with Crippen molar-refractivity contribution in [2.75, 3.05) is 26.4 Å². The van der Waals surface area contributed by atoms with Gasteiger partial charge in [0.2, 0.25) is 0 Å². The molecule has 4 heteroatoms. The molecule has 0 spiro atoms. The quantitative estimate of drug-likeness (QED) is 0.343. The number of hydrogen-bond acceptors (Lipinski definition) is 3. The van der Waals surface area contributed by atoms with Crippen LogP contribution in [-0.4, -0.2) is 40.8 Å². The molecule has 1 fully saturated rings. The van der Waals surface area contributed by atoms with Gasteiger partial charge in [-0.05, 0) is 38.4 Å². The lowest BCUT2D eigenvalue weighted by atomic mass is 10.2. The maximum absolute atomic E-state index is 5.97. The summed E-state index contributed by atoms with van der Waals surface area (Å²) >= 11 is 0. The largest absolute Gasteiger partial charge is 0.417 e. The minimum Gasteiger partial charge on any atom is -0.417 e. The van der Waals surface area contributed by atoms with Gasteiger partial charge in [-0.2, -0.15) is 0 Å². The zero-order chi connectivity index (χ0) is 12.7. The van der Waals surface area contributed by atoms with E-state index in [0.717, 1.165) is 38.4 Å². The lowest BCUT2D eigenvalue weighted by molar-refractivity contribution is 0.112. The van der Waals surface area contributed by atoms with Crippen molar-refractivity contribution in [2.45, 2.75) is 57.8 Å². The fraction of sp³-hybridized carbons (Fsp3) is 1.00. The Kier molecular flexibility index (Phi) is 6.70. The summed E-state index contributed by atoms with van der Waals surface area (Å²) in [7, 11) is -1.48. The molecule has 2 atom stereocenters. The molecule has 0 aromatic carbocycles. The van der Waals surface area contributed by atoms with Gasteiger partial charge in [-0.15, -0.1) is 0 Å². The van der Waals surface area contributed by atoms with E-state index in [4.69, 9.17) is 13.9 Å². The van der Waals surface area contributed by atoms with E-state index in [-0.39, 0.29) is 0 Å². The Hall–Kier alpha value is 0.0969. The molecule has 102 valence electrons. The molecule has 3 nitrogen and oxygen atoms in total. The van der Waals surface area contributed by atoms with E-state index in [1.54, 1.807) is 0 Å². The smallest absolute Gasteiger partial charge is 0.189 e. The molecule has 0 radical (unpaired) electrons. The molecule has 1 rings (SSSR count). The number of epoxide rings is 1. The first-order valence-corrected chi connectivity index (χ1v) is 9.92. The predicted molar refractivity (Wildman–Crippen MR) is 72.9 cm³/mol. The summed E-state index contributed by atoms with van der Waals surface area (Å²) in [6.45, 7) is 12.4. The van der Waals surface area contributed by atoms with Crippen molar-refractivity contribution in [3.05, 3.63) is 0 Å². The van der Waals surface area contributed by atoms with Crippen LogP contribution in [0.25, 0.3) is 0 Å². The Labute approximate surface area is 107 Å². The highest BCUT2D eigenvalue weighted by molar-refractivity contribution is 6.72. The van der Waals surface area contributed by atoms with Gasteiger partial charge in [-0.1, -0.05) is 13.3 Å². The van der Waals surface area contributed by atoms with E-state index in [2.05, 4.69) is 26.9 Å². The van der Waals surface area contributed by atoms with Gasteiger partial charge in [0.1, 0.15) is 6.10 Å². The number of rotatable bonds is 10. The summed E-state index contributed by atoms with van der Waals surface area (Å²) in [5, 5.41) is 0. The lowest BCUT2D eigenvalue weighted by Gasteiger charge is -2.31. The highest BCUT2D eigenvalue weighted by Gasteiger charge is 2.31. The number of hydrogen-bond donors (Lipinski definition) is 0. The molecule has 0 bridgehead atoms. The fourth-order valence-corrected chi connectivity index (χ4v) is 5.21. The van der Waals surface area contributed by atoms with Crippen molar-refractivity contribution in [2.24, 2.45) is 0 Å². The Morgan fingerprint density at radius 3 is 2.59 bits per heavy atom. The minimum absolute atomic E-state index is 0.395. The molecule has 0 amide bonds. The monoisotopic (exact) mass is 260 g/mol. The molecule has 0 N–H and O–H groups in total. The van der Waals surface area contributed by atoms with Crippen LogP contribution in [0, 0.1) is 0 Å². The van der Waals surface area contributed by atoms with E-state index in [1.165, 1.54) is 12.8 Å². The van der Waals surface area contributed by atoms with Gasteiger partial charge in [0, 0.05) is 13.2 Å². The van der Waals surface area contributed by atoms with Gasteiger partial charge < -0.3 is 13.9 Å². The molecule has 2 unspecified atom stereocenters. The first kappa shape index (κ1) is 15.2. The molecule has 0 aromatic rings. The molecule has 1 saturated heterocycles. The normalized spacial score (nSPS) is 21.5. The van der Waals surface area contributed by atoms with Crippen LogP contribution in [0.3, 0.4) is 0 Å². The molecule has 0 aliphatic carbocycles. The second-order valence-corrected chi connectivity index (χ2v) is 9.63. The highest BCUT2D eigenvalue weighted by atomic mass is 28.4. The van der Waals surface area contributed by atoms with Crippen LogP contribution in [-0.2, 0) is 13.9 Å². The third kappa shape index (κ3) is 6.00. The van der Waals surface area contributed by atoms with Crippen molar-refractivity contribution >= 4 is 8.32 Å². The Bertz CT molecular complexity index is 205. The topological polar surface area (TPSA) is 31.0 Å². The van der Waals surface area contributed by atoms with Gasteiger partial charge in [-0.3, -0.25) is 0 Å². The van der Waals surface area contributed by atoms with Crippen LogP contribution < -0.4 is 0 Å². The maximum Gasteiger partial charge on any atom is 0.189 e. The van der Waals surface area contributed by atoms with Crippen molar-refractivity contribution in [3.8, 4) is 0 Å². The van der Waals surface area contributed by atoms with E-state index in [0.29, 0.717) is 6.10 Å². The second-order valence-electron chi connectivity index (χ2n) is 5.31. The van der Waals surface area contributed by atoms with E-state index >= 15 is 0 Å². The average molecular weight is 260 g/mol. The second kappa shape index (κ2) is 7.51. The third-order valence-corrected chi connectivity index (χ3v) is 7.24. The van der Waals surface area contributed by atoms with E-state index in [9.17, 15) is 0 Å². The zero-order valence-electron chi connectivity index (χ0n) is 11.8. The van der Waals surface area contributed by atoms with Crippen LogP contribution in [0.1, 0.15) is 33.1 Å². The summed E-state index contributed by atoms with van der Waals surface area (Å²) in [4.78, 5) is 0. The van der Waals surface area contributed by atoms with Gasteiger partial charge in [0.15, 0.2) is 8.32 Å². The summed E-state index contributed by atoms with van der Waals surface area (Å²) in [5.41, 5.74) is 0.753. The number of ether oxygens (including phenoxy) is 2. The Balaban J connectivity index is 2.11. The predicted octanol–water partition coefficient (Wildman–Crippen LogP) is 3.20. The van der Waals surface area contributed by atoms with Gasteiger partial charge >= 0.3 is 0 Å². The van der Waals surface area contributed by atoms with Crippen LogP contribution in [0.2, 0.25) is 18.6 Å². The van der Waals surface area contributed by atoms with Gasteiger partial charge in [0.05, 0.1) is 13.2 Å². The fourth-order valence-electron chi connectivity index (χ4n) is 2.34. The molecule has 0 saturated carbocycles. The van der Waals surface area contributed by atoms with Gasteiger partial charge in [-0.25, -0.2) is 0 Å². The molecule has 1 aliphatic rings. The minimum atomic E-state index is -1.48. The molecule has 1 aliphatic heterocycles. The summed E-state index contributed by atoms with van der Waals surface area (Å²) in [5.74, 6) is 0. The Morgan fingerprint density at radius 1 is 1.35 bits per heavy atom. The molecular formula is C13H28O3Si. The van der Waals surface area contributed by atoms with Crippen LogP contribution in [0.5, 0.6) is 0 Å². The van der Waals surface area contributed by atoms with Crippen molar-refractivity contribution < 1.29 is 13.9 Å². The summed E-state index contributed by atoms with van der Waals surface area (Å²) in [6, 6.07) is 0. The summed E-state index contributed by atoms with van der Waals surface area (Å²) < 4.78 is 16.6. The molecule has 17 heavy (non-hydrogen) atoms. The van der Waals surface area contributed by atoms with Crippen molar-refractivity contribution in [3.63, 3.8) is 0 Å². The van der Waals surface area contributed by atoms with Crippen LogP contribution in [0.15, 0.2) is 0 Å². The third-order valence-electron chi connectivity index (χ3n) is 3.54. The Morgan fingerprint density at radius 2 is 2.06 bits per heavy atom. The highest BCUT2D eigenvalue weighted by Crippen LogP contribution is 2.31. The molecule has 1 heterocycles. The van der Waals surface area contributed by atoms with Crippen LogP contribution in [0.4, 0.5) is 0 Å². The SMILES string of the molecule is CCO[Si](C)(C)C(CC)CCCOCC1CO1. The zero-order valence-corrected chi connectivity index (χ0v) is 12.8. The first-order valence-electron chi connectivity index (χ1n) is 6.93. The summed E-state index contributed by atoms with van der Waals surface area (Å²) in [6.07, 6.45) is 4.01. The standard InChI is InChI=1S/C13H28O3Si/c1-5-13(17(3,4)16-6-2)8-7-9-14-10-12-11-15-12/h12-13H,5-11H2,1-4H3.